The van der Waals surface area contributed by atoms with Gasteiger partial charge in [0.1, 0.15) is 22.4 Å². The highest BCUT2D eigenvalue weighted by molar-refractivity contribution is 6.29. The molecular weight excluding hydrogens is 423 g/mol. The first-order valence-electron chi connectivity index (χ1n) is 8.62. The summed E-state index contributed by atoms with van der Waals surface area (Å²) in [6, 6.07) is 10.5. The largest absolute Gasteiger partial charge is 0.573 e. The molecule has 154 valence electrons. The Hall–Kier alpha value is -3.40. The molecule has 0 N–H and O–H groups in total. The maximum Gasteiger partial charge on any atom is 0.573 e. The van der Waals surface area contributed by atoms with Crippen LogP contribution in [0.4, 0.5) is 13.2 Å². The number of rotatable bonds is 5. The highest BCUT2D eigenvalue weighted by Crippen LogP contribution is 2.28. The fraction of sp³-hybridized carbons (Fsp3) is 0.158. The molecule has 0 bridgehead atoms. The summed E-state index contributed by atoms with van der Waals surface area (Å²) in [5, 5.41) is 8.76. The molecule has 0 aliphatic heterocycles. The zero-order valence-electron chi connectivity index (χ0n) is 15.4. The van der Waals surface area contributed by atoms with Crippen LogP contribution >= 0.6 is 11.6 Å². The van der Waals surface area contributed by atoms with Crippen LogP contribution in [0.3, 0.4) is 0 Å². The van der Waals surface area contributed by atoms with Crippen LogP contribution in [0.5, 0.6) is 5.75 Å². The standard InChI is InChI=1S/C19H13ClF3N5O2/c1-11-25-18(26-28(11)10-12-6-7-24-17(20)8-12)16-9-15(27-30-16)13-2-4-14(5-3-13)29-19(21,22)23/h2-9H,10H2,1H3. The minimum Gasteiger partial charge on any atom is -0.406 e. The van der Waals surface area contributed by atoms with Crippen molar-refractivity contribution in [1.82, 2.24) is 24.9 Å². The molecule has 0 radical (unpaired) electrons. The second kappa shape index (κ2) is 7.79. The first kappa shape index (κ1) is 19.9. The summed E-state index contributed by atoms with van der Waals surface area (Å²) in [6.07, 6.45) is -3.13. The molecule has 1 aromatic carbocycles. The van der Waals surface area contributed by atoms with Crippen molar-refractivity contribution in [3.8, 4) is 28.6 Å². The number of aryl methyl sites for hydroxylation is 1. The van der Waals surface area contributed by atoms with Crippen molar-refractivity contribution in [2.75, 3.05) is 0 Å². The Morgan fingerprint density at radius 3 is 2.60 bits per heavy atom. The van der Waals surface area contributed by atoms with Crippen LogP contribution in [0.15, 0.2) is 53.2 Å². The zero-order chi connectivity index (χ0) is 21.3. The Balaban J connectivity index is 1.53. The van der Waals surface area contributed by atoms with Crippen molar-refractivity contribution in [3.05, 3.63) is 65.2 Å². The summed E-state index contributed by atoms with van der Waals surface area (Å²) >= 11 is 5.91. The Labute approximate surface area is 173 Å². The van der Waals surface area contributed by atoms with Crippen LogP contribution in [0, 0.1) is 6.92 Å². The number of benzene rings is 1. The van der Waals surface area contributed by atoms with Gasteiger partial charge in [-0.2, -0.15) is 0 Å². The highest BCUT2D eigenvalue weighted by Gasteiger charge is 2.31. The van der Waals surface area contributed by atoms with E-state index in [9.17, 15) is 13.2 Å². The summed E-state index contributed by atoms with van der Waals surface area (Å²) < 4.78 is 47.7. The molecule has 4 aromatic rings. The van der Waals surface area contributed by atoms with E-state index in [1.54, 1.807) is 29.9 Å². The smallest absolute Gasteiger partial charge is 0.406 e. The van der Waals surface area contributed by atoms with Crippen LogP contribution in [-0.2, 0) is 6.54 Å². The first-order valence-corrected chi connectivity index (χ1v) is 9.00. The molecule has 3 heterocycles. The molecule has 0 saturated carbocycles. The Morgan fingerprint density at radius 1 is 1.13 bits per heavy atom. The molecule has 3 aromatic heterocycles. The molecule has 4 rings (SSSR count). The van der Waals surface area contributed by atoms with Gasteiger partial charge in [-0.05, 0) is 48.9 Å². The van der Waals surface area contributed by atoms with Gasteiger partial charge in [0, 0.05) is 17.8 Å². The van der Waals surface area contributed by atoms with Gasteiger partial charge in [-0.3, -0.25) is 0 Å². The number of aromatic nitrogens is 5. The minimum absolute atomic E-state index is 0.317. The Morgan fingerprint density at radius 2 is 1.90 bits per heavy atom. The van der Waals surface area contributed by atoms with Gasteiger partial charge in [-0.1, -0.05) is 16.8 Å². The van der Waals surface area contributed by atoms with E-state index >= 15 is 0 Å². The highest BCUT2D eigenvalue weighted by atomic mass is 35.5. The lowest BCUT2D eigenvalue weighted by Gasteiger charge is -2.08. The number of halogens is 4. The molecule has 0 atom stereocenters. The predicted molar refractivity (Wildman–Crippen MR) is 101 cm³/mol. The molecule has 0 aliphatic carbocycles. The summed E-state index contributed by atoms with van der Waals surface area (Å²) in [6.45, 7) is 2.25. The van der Waals surface area contributed by atoms with E-state index < -0.39 is 6.36 Å². The maximum atomic E-state index is 12.3. The fourth-order valence-electron chi connectivity index (χ4n) is 2.73. The molecule has 0 fully saturated rings. The first-order chi connectivity index (χ1) is 14.3. The molecule has 0 amide bonds. The maximum absolute atomic E-state index is 12.3. The van der Waals surface area contributed by atoms with E-state index in [1.807, 2.05) is 6.07 Å². The van der Waals surface area contributed by atoms with Gasteiger partial charge < -0.3 is 9.26 Å². The summed E-state index contributed by atoms with van der Waals surface area (Å²) in [4.78, 5) is 8.33. The lowest BCUT2D eigenvalue weighted by Crippen LogP contribution is -2.16. The van der Waals surface area contributed by atoms with Crippen LogP contribution in [-0.4, -0.2) is 31.3 Å². The molecular formula is C19H13ClF3N5O2. The Kier molecular flexibility index (Phi) is 5.17. The number of nitrogens with zero attached hydrogens (tertiary/aromatic N) is 5. The van der Waals surface area contributed by atoms with Crippen molar-refractivity contribution in [3.63, 3.8) is 0 Å². The van der Waals surface area contributed by atoms with Crippen LogP contribution in [0.1, 0.15) is 11.4 Å². The topological polar surface area (TPSA) is 78.9 Å². The lowest BCUT2D eigenvalue weighted by atomic mass is 10.1. The number of hydrogen-bond donors (Lipinski definition) is 0. The molecule has 0 aliphatic rings. The van der Waals surface area contributed by atoms with Crippen LogP contribution < -0.4 is 4.74 Å². The van der Waals surface area contributed by atoms with Gasteiger partial charge in [-0.25, -0.2) is 14.6 Å². The second-order valence-electron chi connectivity index (χ2n) is 6.28. The minimum atomic E-state index is -4.74. The monoisotopic (exact) mass is 435 g/mol. The van der Waals surface area contributed by atoms with Crippen LogP contribution in [0.25, 0.3) is 22.8 Å². The van der Waals surface area contributed by atoms with Gasteiger partial charge in [0.2, 0.25) is 11.6 Å². The third-order valence-electron chi connectivity index (χ3n) is 4.09. The summed E-state index contributed by atoms with van der Waals surface area (Å²) in [7, 11) is 0. The third-order valence-corrected chi connectivity index (χ3v) is 4.30. The van der Waals surface area contributed by atoms with Crippen molar-refractivity contribution in [2.24, 2.45) is 0 Å². The van der Waals surface area contributed by atoms with Crippen molar-refractivity contribution >= 4 is 11.6 Å². The summed E-state index contributed by atoms with van der Waals surface area (Å²) in [5.41, 5.74) is 1.90. The van der Waals surface area contributed by atoms with E-state index in [2.05, 4.69) is 25.0 Å². The average molecular weight is 436 g/mol. The van der Waals surface area contributed by atoms with Gasteiger partial charge in [-0.15, -0.1) is 18.3 Å². The van der Waals surface area contributed by atoms with Gasteiger partial charge in [0.25, 0.3) is 0 Å². The van der Waals surface area contributed by atoms with Crippen molar-refractivity contribution in [2.45, 2.75) is 19.8 Å². The molecule has 11 heteroatoms. The van der Waals surface area contributed by atoms with Crippen LogP contribution in [0.2, 0.25) is 5.15 Å². The molecule has 0 saturated heterocycles. The molecule has 30 heavy (non-hydrogen) atoms. The summed E-state index contributed by atoms with van der Waals surface area (Å²) in [5.74, 6) is 1.01. The van der Waals surface area contributed by atoms with Crippen molar-refractivity contribution < 1.29 is 22.4 Å². The van der Waals surface area contributed by atoms with Crippen molar-refractivity contribution in [1.29, 1.82) is 0 Å². The number of ether oxygens (including phenoxy) is 1. The second-order valence-corrected chi connectivity index (χ2v) is 6.66. The normalized spacial score (nSPS) is 11.6. The van der Waals surface area contributed by atoms with Gasteiger partial charge in [0.05, 0.1) is 6.54 Å². The van der Waals surface area contributed by atoms with E-state index in [-0.39, 0.29) is 5.75 Å². The SMILES string of the molecule is Cc1nc(-c2cc(-c3ccc(OC(F)(F)F)cc3)no2)nn1Cc1ccnc(Cl)c1. The quantitative estimate of drug-likeness (QED) is 0.415. The van der Waals surface area contributed by atoms with E-state index in [0.717, 1.165) is 5.56 Å². The lowest BCUT2D eigenvalue weighted by molar-refractivity contribution is -0.274. The van der Waals surface area contributed by atoms with E-state index in [1.165, 1.54) is 24.3 Å². The molecule has 0 spiro atoms. The molecule has 0 unspecified atom stereocenters. The van der Waals surface area contributed by atoms with E-state index in [0.29, 0.717) is 40.4 Å². The van der Waals surface area contributed by atoms with Gasteiger partial charge in [0.15, 0.2) is 0 Å². The average Bonchev–Trinajstić information content (AvgIpc) is 3.29. The Bertz CT molecular complexity index is 1170. The fourth-order valence-corrected chi connectivity index (χ4v) is 2.93. The van der Waals surface area contributed by atoms with Gasteiger partial charge >= 0.3 is 6.36 Å². The molecule has 7 nitrogen and oxygen atoms in total. The number of hydrogen-bond acceptors (Lipinski definition) is 6. The predicted octanol–water partition coefficient (Wildman–Crippen LogP) is 4.90. The third kappa shape index (κ3) is 4.60. The number of alkyl halides is 3. The van der Waals surface area contributed by atoms with E-state index in [4.69, 9.17) is 16.1 Å². The number of pyridine rings is 1. The zero-order valence-corrected chi connectivity index (χ0v) is 16.1.